The third-order valence-electron chi connectivity index (χ3n) is 4.20. The number of fused-ring (bicyclic) bond motifs is 1. The van der Waals surface area contributed by atoms with Gasteiger partial charge in [-0.25, -0.2) is 4.68 Å². The fraction of sp³-hybridized carbons (Fsp3) is 0.167. The summed E-state index contributed by atoms with van der Waals surface area (Å²) in [5, 5.41) is 13.6. The molecule has 4 rings (SSSR count). The van der Waals surface area contributed by atoms with Gasteiger partial charge in [0.05, 0.1) is 12.6 Å². The van der Waals surface area contributed by atoms with Gasteiger partial charge in [0, 0.05) is 18.9 Å². The fourth-order valence-electron chi connectivity index (χ4n) is 2.91. The molecule has 2 amide bonds. The van der Waals surface area contributed by atoms with E-state index in [9.17, 15) is 9.59 Å². The first kappa shape index (κ1) is 15.9. The minimum atomic E-state index is -0.441. The number of hydrogen-bond donors (Lipinski definition) is 2. The van der Waals surface area contributed by atoms with E-state index in [2.05, 4.69) is 25.9 Å². The molecule has 2 aromatic heterocycles. The van der Waals surface area contributed by atoms with E-state index in [0.717, 1.165) is 11.1 Å². The van der Waals surface area contributed by atoms with Gasteiger partial charge in [-0.3, -0.25) is 14.6 Å². The number of benzene rings is 1. The summed E-state index contributed by atoms with van der Waals surface area (Å²) in [6, 6.07) is 13.1. The van der Waals surface area contributed by atoms with Crippen LogP contribution in [0.3, 0.4) is 0 Å². The van der Waals surface area contributed by atoms with E-state index in [1.165, 1.54) is 4.68 Å². The SMILES string of the molecule is O=C(NCc1cccnc1)c1nnn2c1C(=O)N[C@@H](c1ccccc1)C2. The molecule has 1 aliphatic heterocycles. The number of carbonyl (C=O) groups is 2. The van der Waals surface area contributed by atoms with Crippen molar-refractivity contribution in [3.8, 4) is 0 Å². The van der Waals surface area contributed by atoms with Crippen LogP contribution in [-0.2, 0) is 13.1 Å². The molecule has 8 heteroatoms. The molecular formula is C18H16N6O2. The lowest BCUT2D eigenvalue weighted by molar-refractivity contribution is 0.0876. The number of amides is 2. The summed E-state index contributed by atoms with van der Waals surface area (Å²) < 4.78 is 1.48. The summed E-state index contributed by atoms with van der Waals surface area (Å²) in [5.74, 6) is -0.801. The van der Waals surface area contributed by atoms with Crippen molar-refractivity contribution in [1.29, 1.82) is 0 Å². The normalized spacial score (nSPS) is 15.8. The summed E-state index contributed by atoms with van der Waals surface area (Å²) in [5.41, 5.74) is 2.04. The molecule has 0 unspecified atom stereocenters. The zero-order chi connectivity index (χ0) is 17.9. The van der Waals surface area contributed by atoms with Gasteiger partial charge < -0.3 is 10.6 Å². The molecule has 0 saturated heterocycles. The second-order valence-corrected chi connectivity index (χ2v) is 5.95. The van der Waals surface area contributed by atoms with Crippen molar-refractivity contribution in [2.75, 3.05) is 0 Å². The maximum atomic E-state index is 12.5. The summed E-state index contributed by atoms with van der Waals surface area (Å²) in [6.45, 7) is 0.723. The van der Waals surface area contributed by atoms with Gasteiger partial charge in [-0.1, -0.05) is 41.6 Å². The first-order chi connectivity index (χ1) is 12.7. The molecule has 0 saturated carbocycles. The highest BCUT2D eigenvalue weighted by Gasteiger charge is 2.32. The topological polar surface area (TPSA) is 102 Å². The lowest BCUT2D eigenvalue weighted by Gasteiger charge is -2.24. The zero-order valence-corrected chi connectivity index (χ0v) is 13.8. The van der Waals surface area contributed by atoms with E-state index in [1.807, 2.05) is 36.4 Å². The molecule has 1 aromatic carbocycles. The number of carbonyl (C=O) groups excluding carboxylic acids is 2. The van der Waals surface area contributed by atoms with Crippen LogP contribution in [0.15, 0.2) is 54.9 Å². The molecule has 0 radical (unpaired) electrons. The first-order valence-electron chi connectivity index (χ1n) is 8.19. The average Bonchev–Trinajstić information content (AvgIpc) is 3.12. The van der Waals surface area contributed by atoms with Gasteiger partial charge in [0.25, 0.3) is 11.8 Å². The molecule has 26 heavy (non-hydrogen) atoms. The molecular weight excluding hydrogens is 332 g/mol. The Morgan fingerprint density at radius 1 is 1.23 bits per heavy atom. The Hall–Kier alpha value is -3.55. The maximum absolute atomic E-state index is 12.5. The third-order valence-corrected chi connectivity index (χ3v) is 4.20. The maximum Gasteiger partial charge on any atom is 0.274 e. The summed E-state index contributed by atoms with van der Waals surface area (Å²) in [7, 11) is 0. The fourth-order valence-corrected chi connectivity index (χ4v) is 2.91. The van der Waals surface area contributed by atoms with E-state index < -0.39 is 5.91 Å². The molecule has 0 spiro atoms. The Morgan fingerprint density at radius 2 is 2.08 bits per heavy atom. The van der Waals surface area contributed by atoms with Crippen LogP contribution in [0.5, 0.6) is 0 Å². The van der Waals surface area contributed by atoms with Gasteiger partial charge in [-0.05, 0) is 17.2 Å². The number of pyridine rings is 1. The van der Waals surface area contributed by atoms with Crippen molar-refractivity contribution < 1.29 is 9.59 Å². The van der Waals surface area contributed by atoms with Crippen molar-refractivity contribution in [3.05, 3.63) is 77.4 Å². The van der Waals surface area contributed by atoms with Crippen molar-refractivity contribution in [1.82, 2.24) is 30.6 Å². The van der Waals surface area contributed by atoms with E-state index in [-0.39, 0.29) is 23.3 Å². The van der Waals surface area contributed by atoms with Gasteiger partial charge in [-0.2, -0.15) is 0 Å². The molecule has 0 fully saturated rings. The number of nitrogens with one attached hydrogen (secondary N) is 2. The largest absolute Gasteiger partial charge is 0.346 e. The second kappa shape index (κ2) is 6.75. The Labute approximate surface area is 149 Å². The van der Waals surface area contributed by atoms with Gasteiger partial charge in [0.2, 0.25) is 0 Å². The molecule has 1 aliphatic rings. The molecule has 8 nitrogen and oxygen atoms in total. The summed E-state index contributed by atoms with van der Waals surface area (Å²) in [6.07, 6.45) is 3.33. The standard InChI is InChI=1S/C18H16N6O2/c25-17(20-10-12-5-4-8-19-9-12)15-16-18(26)21-14(11-24(16)23-22-15)13-6-2-1-3-7-13/h1-9,14H,10-11H2,(H,20,25)(H,21,26)/t14-/m1/s1. The monoisotopic (exact) mass is 348 g/mol. The Kier molecular flexibility index (Phi) is 4.14. The third kappa shape index (κ3) is 3.04. The van der Waals surface area contributed by atoms with Crippen molar-refractivity contribution in [3.63, 3.8) is 0 Å². The highest BCUT2D eigenvalue weighted by molar-refractivity contribution is 6.05. The minimum Gasteiger partial charge on any atom is -0.346 e. The van der Waals surface area contributed by atoms with Crippen LogP contribution >= 0.6 is 0 Å². The van der Waals surface area contributed by atoms with Gasteiger partial charge in [-0.15, -0.1) is 5.10 Å². The molecule has 0 aliphatic carbocycles. The Bertz CT molecular complexity index is 939. The number of nitrogens with zero attached hydrogens (tertiary/aromatic N) is 4. The summed E-state index contributed by atoms with van der Waals surface area (Å²) >= 11 is 0. The highest BCUT2D eigenvalue weighted by Crippen LogP contribution is 2.21. The Balaban J connectivity index is 1.52. The zero-order valence-electron chi connectivity index (χ0n) is 13.8. The first-order valence-corrected chi connectivity index (χ1v) is 8.19. The molecule has 1 atom stereocenters. The van der Waals surface area contributed by atoms with Gasteiger partial charge >= 0.3 is 0 Å². The van der Waals surface area contributed by atoms with Crippen LogP contribution in [0.25, 0.3) is 0 Å². The number of hydrogen-bond acceptors (Lipinski definition) is 5. The second-order valence-electron chi connectivity index (χ2n) is 5.95. The predicted octanol–water partition coefficient (Wildman–Crippen LogP) is 1.09. The van der Waals surface area contributed by atoms with E-state index in [1.54, 1.807) is 18.5 Å². The molecule has 0 bridgehead atoms. The van der Waals surface area contributed by atoms with Crippen LogP contribution in [0.4, 0.5) is 0 Å². The minimum absolute atomic E-state index is 0.0258. The molecule has 2 N–H and O–H groups in total. The highest BCUT2D eigenvalue weighted by atomic mass is 16.2. The Morgan fingerprint density at radius 3 is 2.85 bits per heavy atom. The van der Waals surface area contributed by atoms with Crippen LogP contribution in [0, 0.1) is 0 Å². The smallest absolute Gasteiger partial charge is 0.274 e. The lowest BCUT2D eigenvalue weighted by Crippen LogP contribution is -2.40. The molecule has 3 heterocycles. The van der Waals surface area contributed by atoms with Crippen molar-refractivity contribution in [2.24, 2.45) is 0 Å². The summed E-state index contributed by atoms with van der Waals surface area (Å²) in [4.78, 5) is 28.9. The van der Waals surface area contributed by atoms with E-state index in [4.69, 9.17) is 0 Å². The van der Waals surface area contributed by atoms with Gasteiger partial charge in [0.1, 0.15) is 0 Å². The van der Waals surface area contributed by atoms with E-state index >= 15 is 0 Å². The predicted molar refractivity (Wildman–Crippen MR) is 92.1 cm³/mol. The quantitative estimate of drug-likeness (QED) is 0.735. The molecule has 3 aromatic rings. The van der Waals surface area contributed by atoms with Crippen LogP contribution in [0.2, 0.25) is 0 Å². The van der Waals surface area contributed by atoms with Crippen molar-refractivity contribution >= 4 is 11.8 Å². The van der Waals surface area contributed by atoms with E-state index in [0.29, 0.717) is 13.1 Å². The van der Waals surface area contributed by atoms with Crippen LogP contribution in [0.1, 0.15) is 38.1 Å². The molecule has 130 valence electrons. The van der Waals surface area contributed by atoms with Crippen LogP contribution < -0.4 is 10.6 Å². The van der Waals surface area contributed by atoms with Crippen molar-refractivity contribution in [2.45, 2.75) is 19.1 Å². The number of rotatable bonds is 4. The van der Waals surface area contributed by atoms with Crippen LogP contribution in [-0.4, -0.2) is 31.8 Å². The average molecular weight is 348 g/mol. The van der Waals surface area contributed by atoms with Gasteiger partial charge in [0.15, 0.2) is 11.4 Å². The number of aromatic nitrogens is 4. The lowest BCUT2D eigenvalue weighted by atomic mass is 10.0.